The lowest BCUT2D eigenvalue weighted by atomic mass is 10.2. The zero-order valence-corrected chi connectivity index (χ0v) is 19.4. The van der Waals surface area contributed by atoms with Crippen LogP contribution >= 0.6 is 0 Å². The zero-order chi connectivity index (χ0) is 24.0. The smallest absolute Gasteiger partial charge is 0.319 e. The van der Waals surface area contributed by atoms with Crippen molar-refractivity contribution in [3.8, 4) is 0 Å². The van der Waals surface area contributed by atoms with E-state index in [1.807, 2.05) is 20.8 Å². The highest BCUT2D eigenvalue weighted by molar-refractivity contribution is 7.92. The van der Waals surface area contributed by atoms with Gasteiger partial charge in [0.25, 0.3) is 15.9 Å². The molecule has 8 nitrogen and oxygen atoms in total. The number of benzene rings is 3. The molecule has 0 aromatic heterocycles. The van der Waals surface area contributed by atoms with E-state index in [0.29, 0.717) is 22.6 Å². The van der Waals surface area contributed by atoms with E-state index in [1.165, 1.54) is 0 Å². The molecule has 3 rings (SSSR count). The molecule has 9 heteroatoms. The third-order valence-corrected chi connectivity index (χ3v) is 5.93. The topological polar surface area (TPSA) is 116 Å². The van der Waals surface area contributed by atoms with E-state index in [1.54, 1.807) is 72.8 Å². The van der Waals surface area contributed by atoms with Gasteiger partial charge in [0.1, 0.15) is 0 Å². The number of aryl methyl sites for hydroxylation is 1. The minimum absolute atomic E-state index is 0.0131. The third-order valence-electron chi connectivity index (χ3n) is 4.53. The van der Waals surface area contributed by atoms with Crippen LogP contribution in [0.3, 0.4) is 0 Å². The van der Waals surface area contributed by atoms with Crippen molar-refractivity contribution in [2.75, 3.05) is 15.4 Å². The second-order valence-corrected chi connectivity index (χ2v) is 9.47. The van der Waals surface area contributed by atoms with Crippen LogP contribution in [0, 0.1) is 6.92 Å². The van der Waals surface area contributed by atoms with Crippen LogP contribution in [0.2, 0.25) is 0 Å². The number of amides is 3. The van der Waals surface area contributed by atoms with Crippen molar-refractivity contribution in [3.63, 3.8) is 0 Å². The lowest BCUT2D eigenvalue weighted by Gasteiger charge is -2.12. The molecule has 0 spiro atoms. The largest absolute Gasteiger partial charge is 0.336 e. The van der Waals surface area contributed by atoms with Crippen LogP contribution in [0.25, 0.3) is 0 Å². The molecule has 0 saturated heterocycles. The van der Waals surface area contributed by atoms with Crippen molar-refractivity contribution in [1.29, 1.82) is 0 Å². The third kappa shape index (κ3) is 6.81. The molecule has 3 aromatic carbocycles. The van der Waals surface area contributed by atoms with Crippen LogP contribution < -0.4 is 20.7 Å². The molecule has 0 atom stereocenters. The molecule has 0 heterocycles. The van der Waals surface area contributed by atoms with Gasteiger partial charge in [0.2, 0.25) is 0 Å². The summed E-state index contributed by atoms with van der Waals surface area (Å²) in [5.41, 5.74) is 2.68. The van der Waals surface area contributed by atoms with Crippen molar-refractivity contribution in [1.82, 2.24) is 5.32 Å². The number of hydrogen-bond acceptors (Lipinski definition) is 4. The number of hydrogen-bond donors (Lipinski definition) is 4. The number of sulfonamides is 1. The summed E-state index contributed by atoms with van der Waals surface area (Å²) in [7, 11) is -3.71. The second kappa shape index (κ2) is 10.2. The number of anilines is 3. The van der Waals surface area contributed by atoms with E-state index < -0.39 is 10.0 Å². The summed E-state index contributed by atoms with van der Waals surface area (Å²) in [6.07, 6.45) is 0. The summed E-state index contributed by atoms with van der Waals surface area (Å²) >= 11 is 0. The molecule has 0 bridgehead atoms. The highest BCUT2D eigenvalue weighted by Gasteiger charge is 2.14. The molecule has 4 N–H and O–H groups in total. The fourth-order valence-corrected chi connectivity index (χ4v) is 3.98. The van der Waals surface area contributed by atoms with E-state index in [2.05, 4.69) is 20.7 Å². The Hall–Kier alpha value is -3.85. The SMILES string of the molecule is Cc1ccc(S(=O)(=O)Nc2ccc(NC(=O)c3cccc(NC(=O)NC(C)C)c3)cc2)cc1. The molecule has 0 aliphatic heterocycles. The van der Waals surface area contributed by atoms with Gasteiger partial charge in [-0.2, -0.15) is 0 Å². The lowest BCUT2D eigenvalue weighted by molar-refractivity contribution is 0.102. The minimum Gasteiger partial charge on any atom is -0.336 e. The van der Waals surface area contributed by atoms with Gasteiger partial charge >= 0.3 is 6.03 Å². The molecular weight excluding hydrogens is 440 g/mol. The molecule has 0 saturated carbocycles. The number of urea groups is 1. The van der Waals surface area contributed by atoms with Gasteiger partial charge in [-0.1, -0.05) is 23.8 Å². The van der Waals surface area contributed by atoms with Gasteiger partial charge in [0, 0.05) is 28.7 Å². The highest BCUT2D eigenvalue weighted by Crippen LogP contribution is 2.20. The maximum Gasteiger partial charge on any atom is 0.319 e. The molecule has 3 amide bonds. The van der Waals surface area contributed by atoms with Gasteiger partial charge in [-0.3, -0.25) is 9.52 Å². The average molecular weight is 467 g/mol. The van der Waals surface area contributed by atoms with Crippen LogP contribution in [0.5, 0.6) is 0 Å². The Morgan fingerprint density at radius 1 is 0.788 bits per heavy atom. The summed E-state index contributed by atoms with van der Waals surface area (Å²) in [5, 5.41) is 8.15. The Kier molecular flexibility index (Phi) is 7.34. The Labute approximate surface area is 193 Å². The first-order chi connectivity index (χ1) is 15.6. The fourth-order valence-electron chi connectivity index (χ4n) is 2.92. The Morgan fingerprint density at radius 2 is 1.42 bits per heavy atom. The molecule has 0 aliphatic carbocycles. The van der Waals surface area contributed by atoms with E-state index in [0.717, 1.165) is 5.56 Å². The maximum atomic E-state index is 12.6. The zero-order valence-electron chi connectivity index (χ0n) is 18.5. The van der Waals surface area contributed by atoms with Crippen molar-refractivity contribution in [2.45, 2.75) is 31.7 Å². The summed E-state index contributed by atoms with van der Waals surface area (Å²) in [6, 6.07) is 19.1. The van der Waals surface area contributed by atoms with Gasteiger partial charge in [-0.15, -0.1) is 0 Å². The minimum atomic E-state index is -3.71. The number of rotatable bonds is 7. The van der Waals surface area contributed by atoms with E-state index in [9.17, 15) is 18.0 Å². The predicted molar refractivity (Wildman–Crippen MR) is 130 cm³/mol. The summed E-state index contributed by atoms with van der Waals surface area (Å²) in [4.78, 5) is 24.6. The van der Waals surface area contributed by atoms with E-state index >= 15 is 0 Å². The van der Waals surface area contributed by atoms with Crippen LogP contribution in [0.4, 0.5) is 21.9 Å². The molecule has 0 aliphatic rings. The summed E-state index contributed by atoms with van der Waals surface area (Å²) < 4.78 is 27.5. The average Bonchev–Trinajstić information content (AvgIpc) is 2.75. The fraction of sp³-hybridized carbons (Fsp3) is 0.167. The van der Waals surface area contributed by atoms with Gasteiger partial charge < -0.3 is 16.0 Å². The predicted octanol–water partition coefficient (Wildman–Crippen LogP) is 4.58. The van der Waals surface area contributed by atoms with Gasteiger partial charge in [-0.05, 0) is 75.4 Å². The normalized spacial score (nSPS) is 11.0. The van der Waals surface area contributed by atoms with Crippen LogP contribution in [-0.2, 0) is 10.0 Å². The van der Waals surface area contributed by atoms with Gasteiger partial charge in [-0.25, -0.2) is 13.2 Å². The first-order valence-corrected chi connectivity index (χ1v) is 11.8. The first-order valence-electron chi connectivity index (χ1n) is 10.3. The van der Waals surface area contributed by atoms with E-state index in [4.69, 9.17) is 0 Å². The maximum absolute atomic E-state index is 12.6. The Morgan fingerprint density at radius 3 is 2.06 bits per heavy atom. The van der Waals surface area contributed by atoms with E-state index in [-0.39, 0.29) is 22.9 Å². The standard InChI is InChI=1S/C24H26N4O4S/c1-16(2)25-24(30)27-21-6-4-5-18(15-21)23(29)26-19-9-11-20(12-10-19)28-33(31,32)22-13-7-17(3)8-14-22/h4-16,28H,1-3H3,(H,26,29)(H2,25,27,30). The first kappa shape index (κ1) is 23.8. The van der Waals surface area contributed by atoms with Crippen LogP contribution in [0.1, 0.15) is 29.8 Å². The molecule has 33 heavy (non-hydrogen) atoms. The molecule has 0 fully saturated rings. The highest BCUT2D eigenvalue weighted by atomic mass is 32.2. The lowest BCUT2D eigenvalue weighted by Crippen LogP contribution is -2.34. The van der Waals surface area contributed by atoms with Crippen molar-refractivity contribution < 1.29 is 18.0 Å². The molecule has 0 radical (unpaired) electrons. The van der Waals surface area contributed by atoms with Crippen molar-refractivity contribution >= 4 is 39.0 Å². The summed E-state index contributed by atoms with van der Waals surface area (Å²) in [6.45, 7) is 5.58. The number of carbonyl (C=O) groups is 2. The van der Waals surface area contributed by atoms with Crippen molar-refractivity contribution in [2.24, 2.45) is 0 Å². The quantitative estimate of drug-likeness (QED) is 0.408. The number of carbonyl (C=O) groups excluding carboxylic acids is 2. The van der Waals surface area contributed by atoms with Crippen molar-refractivity contribution in [3.05, 3.63) is 83.9 Å². The Balaban J connectivity index is 1.64. The Bertz CT molecular complexity index is 1240. The van der Waals surface area contributed by atoms with Crippen LogP contribution in [0.15, 0.2) is 77.7 Å². The molecule has 0 unspecified atom stereocenters. The number of nitrogens with one attached hydrogen (secondary N) is 4. The summed E-state index contributed by atoms with van der Waals surface area (Å²) in [5.74, 6) is -0.365. The second-order valence-electron chi connectivity index (χ2n) is 7.78. The van der Waals surface area contributed by atoms with Gasteiger partial charge in [0.15, 0.2) is 0 Å². The van der Waals surface area contributed by atoms with Gasteiger partial charge in [0.05, 0.1) is 4.90 Å². The molecular formula is C24H26N4O4S. The van der Waals surface area contributed by atoms with Crippen LogP contribution in [-0.4, -0.2) is 26.4 Å². The molecule has 172 valence electrons. The molecule has 3 aromatic rings. The monoisotopic (exact) mass is 466 g/mol.